The number of nitro groups is 1. The molecule has 3 rings (SSSR count). The van der Waals surface area contributed by atoms with Crippen LogP contribution in [0.3, 0.4) is 0 Å². The molecule has 1 aliphatic heterocycles. The molecule has 1 amide bonds. The number of nitrogens with zero attached hydrogens (tertiary/aromatic N) is 2. The maximum Gasteiger partial charge on any atom is 0.269 e. The SMILES string of the molecule is COCC(=O)N1NC(c2ccc(NS(C)(=O)=O)cc2)=CC1c1cccc([N+](=O)[O-])c1. The number of hydrogen-bond acceptors (Lipinski definition) is 7. The molecule has 2 N–H and O–H groups in total. The largest absolute Gasteiger partial charge is 0.375 e. The minimum atomic E-state index is -3.39. The third-order valence-corrected chi connectivity index (χ3v) is 4.91. The maximum atomic E-state index is 12.5. The average molecular weight is 432 g/mol. The van der Waals surface area contributed by atoms with E-state index >= 15 is 0 Å². The summed E-state index contributed by atoms with van der Waals surface area (Å²) in [4.78, 5) is 23.2. The Kier molecular flexibility index (Phi) is 6.04. The number of non-ortho nitro benzene ring substituents is 1. The molecule has 0 aromatic heterocycles. The van der Waals surface area contributed by atoms with Crippen LogP contribution in [0, 0.1) is 10.1 Å². The molecule has 30 heavy (non-hydrogen) atoms. The van der Waals surface area contributed by atoms with E-state index in [0.717, 1.165) is 6.26 Å². The highest BCUT2D eigenvalue weighted by molar-refractivity contribution is 7.92. The molecule has 0 bridgehead atoms. The number of nitro benzene ring substituents is 1. The number of sulfonamides is 1. The lowest BCUT2D eigenvalue weighted by atomic mass is 10.0. The zero-order valence-corrected chi connectivity index (χ0v) is 17.0. The number of ether oxygens (including phenoxy) is 1. The molecule has 1 unspecified atom stereocenters. The quantitative estimate of drug-likeness (QED) is 0.506. The van der Waals surface area contributed by atoms with Crippen LogP contribution in [0.25, 0.3) is 5.70 Å². The van der Waals surface area contributed by atoms with Gasteiger partial charge in [0.05, 0.1) is 22.9 Å². The molecule has 0 spiro atoms. The van der Waals surface area contributed by atoms with Crippen molar-refractivity contribution in [2.45, 2.75) is 6.04 Å². The van der Waals surface area contributed by atoms with Crippen molar-refractivity contribution in [1.82, 2.24) is 10.4 Å². The fourth-order valence-corrected chi connectivity index (χ4v) is 3.60. The number of amides is 1. The standard InChI is InChI=1S/C19H20N4O6S/c1-29-12-19(24)22-18(14-4-3-5-16(10-14)23(25)26)11-17(20-22)13-6-8-15(9-7-13)21-30(2,27)28/h3-11,18,20-21H,12H2,1-2H3. The minimum absolute atomic E-state index is 0.0790. The van der Waals surface area contributed by atoms with Gasteiger partial charge in [-0.05, 0) is 29.3 Å². The van der Waals surface area contributed by atoms with E-state index < -0.39 is 21.0 Å². The van der Waals surface area contributed by atoms with Crippen molar-refractivity contribution in [1.29, 1.82) is 0 Å². The van der Waals surface area contributed by atoms with E-state index in [1.54, 1.807) is 42.5 Å². The van der Waals surface area contributed by atoms with E-state index in [9.17, 15) is 23.3 Å². The predicted octanol–water partition coefficient (Wildman–Crippen LogP) is 2.04. The number of rotatable bonds is 7. The van der Waals surface area contributed by atoms with E-state index in [-0.39, 0.29) is 18.2 Å². The van der Waals surface area contributed by atoms with Crippen LogP contribution in [0.15, 0.2) is 54.6 Å². The van der Waals surface area contributed by atoms with Gasteiger partial charge in [0.1, 0.15) is 6.61 Å². The number of hydrazine groups is 1. The van der Waals surface area contributed by atoms with Gasteiger partial charge >= 0.3 is 0 Å². The van der Waals surface area contributed by atoms with Crippen molar-refractivity contribution < 1.29 is 22.9 Å². The fraction of sp³-hybridized carbons (Fsp3) is 0.211. The van der Waals surface area contributed by atoms with Crippen molar-refractivity contribution in [3.8, 4) is 0 Å². The number of carbonyl (C=O) groups is 1. The van der Waals surface area contributed by atoms with Crippen LogP contribution < -0.4 is 10.1 Å². The number of nitrogens with one attached hydrogen (secondary N) is 2. The van der Waals surface area contributed by atoms with E-state index in [1.807, 2.05) is 0 Å². The summed E-state index contributed by atoms with van der Waals surface area (Å²) < 4.78 is 30.0. The zero-order valence-electron chi connectivity index (χ0n) is 16.2. The highest BCUT2D eigenvalue weighted by Crippen LogP contribution is 2.33. The molecule has 1 aliphatic rings. The van der Waals surface area contributed by atoms with Crippen LogP contribution in [0.4, 0.5) is 11.4 Å². The summed E-state index contributed by atoms with van der Waals surface area (Å²) in [6, 6.07) is 12.1. The van der Waals surface area contributed by atoms with Crippen LogP contribution in [0.5, 0.6) is 0 Å². The van der Waals surface area contributed by atoms with Gasteiger partial charge in [-0.3, -0.25) is 25.1 Å². The molecule has 1 atom stereocenters. The third-order valence-electron chi connectivity index (χ3n) is 4.30. The van der Waals surface area contributed by atoms with Gasteiger partial charge in [-0.15, -0.1) is 0 Å². The molecule has 0 saturated heterocycles. The lowest BCUT2D eigenvalue weighted by molar-refractivity contribution is -0.384. The van der Waals surface area contributed by atoms with Gasteiger partial charge < -0.3 is 4.74 Å². The number of carbonyl (C=O) groups excluding carboxylic acids is 1. The highest BCUT2D eigenvalue weighted by Gasteiger charge is 2.31. The van der Waals surface area contributed by atoms with Gasteiger partial charge in [0, 0.05) is 24.9 Å². The van der Waals surface area contributed by atoms with E-state index in [4.69, 9.17) is 4.74 Å². The highest BCUT2D eigenvalue weighted by atomic mass is 32.2. The van der Waals surface area contributed by atoms with Crippen LogP contribution >= 0.6 is 0 Å². The molecule has 1 heterocycles. The van der Waals surface area contributed by atoms with Crippen molar-refractivity contribution in [3.05, 3.63) is 75.8 Å². The third kappa shape index (κ3) is 4.93. The molecule has 0 saturated carbocycles. The van der Waals surface area contributed by atoms with Gasteiger partial charge in [-0.1, -0.05) is 24.3 Å². The lowest BCUT2D eigenvalue weighted by Crippen LogP contribution is -2.41. The summed E-state index contributed by atoms with van der Waals surface area (Å²) in [6.45, 7) is -0.170. The monoisotopic (exact) mass is 432 g/mol. The Hall–Kier alpha value is -3.44. The van der Waals surface area contributed by atoms with Gasteiger partial charge in [-0.2, -0.15) is 0 Å². The normalized spacial score (nSPS) is 16.0. The summed E-state index contributed by atoms with van der Waals surface area (Å²) in [5.41, 5.74) is 5.21. The molecule has 2 aromatic rings. The fourth-order valence-electron chi connectivity index (χ4n) is 3.04. The molecule has 0 radical (unpaired) electrons. The number of benzene rings is 2. The number of hydrogen-bond donors (Lipinski definition) is 2. The maximum absolute atomic E-state index is 12.5. The van der Waals surface area contributed by atoms with Gasteiger partial charge in [0.25, 0.3) is 11.6 Å². The van der Waals surface area contributed by atoms with E-state index in [2.05, 4.69) is 10.1 Å². The average Bonchev–Trinajstić information content (AvgIpc) is 3.13. The predicted molar refractivity (Wildman–Crippen MR) is 111 cm³/mol. The smallest absolute Gasteiger partial charge is 0.269 e. The summed E-state index contributed by atoms with van der Waals surface area (Å²) in [7, 11) is -1.99. The Bertz CT molecular complexity index is 1100. The van der Waals surface area contributed by atoms with Crippen LogP contribution in [-0.4, -0.2) is 44.2 Å². The summed E-state index contributed by atoms with van der Waals surface area (Å²) in [5, 5.41) is 12.5. The number of methoxy groups -OCH3 is 1. The van der Waals surface area contributed by atoms with Crippen molar-refractivity contribution >= 4 is 33.0 Å². The Morgan fingerprint density at radius 1 is 1.27 bits per heavy atom. The first-order valence-electron chi connectivity index (χ1n) is 8.80. The van der Waals surface area contributed by atoms with Crippen molar-refractivity contribution in [2.75, 3.05) is 24.7 Å². The summed E-state index contributed by atoms with van der Waals surface area (Å²) in [5.74, 6) is -0.351. The minimum Gasteiger partial charge on any atom is -0.375 e. The Labute approximate surface area is 173 Å². The first-order chi connectivity index (χ1) is 14.2. The Morgan fingerprint density at radius 3 is 2.57 bits per heavy atom. The van der Waals surface area contributed by atoms with Gasteiger partial charge in [-0.25, -0.2) is 13.4 Å². The second-order valence-electron chi connectivity index (χ2n) is 6.64. The first-order valence-corrected chi connectivity index (χ1v) is 10.7. The molecule has 11 heteroatoms. The second kappa shape index (κ2) is 8.51. The zero-order chi connectivity index (χ0) is 21.9. The van der Waals surface area contributed by atoms with Gasteiger partial charge in [0.2, 0.25) is 10.0 Å². The van der Waals surface area contributed by atoms with E-state index in [0.29, 0.717) is 22.5 Å². The van der Waals surface area contributed by atoms with Crippen LogP contribution in [0.1, 0.15) is 17.2 Å². The molecular weight excluding hydrogens is 412 g/mol. The van der Waals surface area contributed by atoms with Crippen molar-refractivity contribution in [3.63, 3.8) is 0 Å². The molecular formula is C19H20N4O6S. The Balaban J connectivity index is 1.94. The van der Waals surface area contributed by atoms with Crippen molar-refractivity contribution in [2.24, 2.45) is 0 Å². The van der Waals surface area contributed by atoms with Crippen LogP contribution in [0.2, 0.25) is 0 Å². The summed E-state index contributed by atoms with van der Waals surface area (Å²) in [6.07, 6.45) is 2.83. The topological polar surface area (TPSA) is 131 Å². The molecule has 0 aliphatic carbocycles. The molecule has 158 valence electrons. The Morgan fingerprint density at radius 2 is 1.97 bits per heavy atom. The molecule has 10 nitrogen and oxygen atoms in total. The van der Waals surface area contributed by atoms with Gasteiger partial charge in [0.15, 0.2) is 0 Å². The molecule has 2 aromatic carbocycles. The number of anilines is 1. The lowest BCUT2D eigenvalue weighted by Gasteiger charge is -2.25. The molecule has 0 fully saturated rings. The first kappa shape index (κ1) is 21.3. The summed E-state index contributed by atoms with van der Waals surface area (Å²) >= 11 is 0. The second-order valence-corrected chi connectivity index (χ2v) is 8.39. The van der Waals surface area contributed by atoms with E-state index in [1.165, 1.54) is 24.3 Å². The van der Waals surface area contributed by atoms with Crippen LogP contribution in [-0.2, 0) is 19.6 Å².